The summed E-state index contributed by atoms with van der Waals surface area (Å²) >= 11 is 5.67. The molecular weight excluding hydrogens is 298 g/mol. The summed E-state index contributed by atoms with van der Waals surface area (Å²) in [5.41, 5.74) is 1.03. The van der Waals surface area contributed by atoms with Crippen LogP contribution in [0.3, 0.4) is 0 Å². The van der Waals surface area contributed by atoms with Crippen LogP contribution in [0.1, 0.15) is 18.4 Å². The molecule has 1 aliphatic rings. The van der Waals surface area contributed by atoms with Crippen LogP contribution < -0.4 is 0 Å². The van der Waals surface area contributed by atoms with Gasteiger partial charge in [-0.05, 0) is 42.9 Å². The largest absolute Gasteiger partial charge is 0.396 e. The molecule has 0 saturated carbocycles. The Hall–Kier alpha value is -0.620. The second kappa shape index (κ2) is 6.89. The summed E-state index contributed by atoms with van der Waals surface area (Å²) in [7, 11) is -3.45. The van der Waals surface area contributed by atoms with Crippen LogP contribution in [-0.4, -0.2) is 43.4 Å². The van der Waals surface area contributed by atoms with Gasteiger partial charge >= 0.3 is 0 Å². The van der Waals surface area contributed by atoms with E-state index in [9.17, 15) is 13.5 Å². The van der Waals surface area contributed by atoms with Crippen LogP contribution in [0.25, 0.3) is 0 Å². The molecular formula is C14H20ClNO3S. The molecule has 0 aliphatic carbocycles. The normalized spacial score (nSPS) is 21.0. The highest BCUT2D eigenvalue weighted by atomic mass is 35.5. The highest BCUT2D eigenvalue weighted by Crippen LogP contribution is 2.23. The number of aliphatic hydroxyl groups is 1. The molecule has 1 aromatic rings. The highest BCUT2D eigenvalue weighted by Gasteiger charge is 2.29. The van der Waals surface area contributed by atoms with Gasteiger partial charge in [-0.1, -0.05) is 12.1 Å². The van der Waals surface area contributed by atoms with E-state index in [1.165, 1.54) is 4.31 Å². The Bertz CT molecular complexity index is 530. The third-order valence-electron chi connectivity index (χ3n) is 3.68. The monoisotopic (exact) mass is 317 g/mol. The molecule has 6 heteroatoms. The van der Waals surface area contributed by atoms with Gasteiger partial charge in [-0.15, -0.1) is 11.6 Å². The van der Waals surface area contributed by atoms with Gasteiger partial charge in [0.15, 0.2) is 0 Å². The Balaban J connectivity index is 2.16. The third kappa shape index (κ3) is 3.52. The van der Waals surface area contributed by atoms with Crippen LogP contribution in [0.15, 0.2) is 29.2 Å². The lowest BCUT2D eigenvalue weighted by Crippen LogP contribution is -2.40. The van der Waals surface area contributed by atoms with Gasteiger partial charge in [-0.2, -0.15) is 4.31 Å². The summed E-state index contributed by atoms with van der Waals surface area (Å²) in [6.45, 7) is 0.977. The minimum absolute atomic E-state index is 0.0423. The van der Waals surface area contributed by atoms with Crippen molar-refractivity contribution in [2.75, 3.05) is 25.6 Å². The molecule has 0 radical (unpaired) electrons. The first-order valence-electron chi connectivity index (χ1n) is 6.84. The lowest BCUT2D eigenvalue weighted by molar-refractivity contribution is 0.165. The van der Waals surface area contributed by atoms with Crippen LogP contribution >= 0.6 is 11.6 Å². The number of aryl methyl sites for hydroxylation is 1. The zero-order valence-electron chi connectivity index (χ0n) is 11.3. The highest BCUT2D eigenvalue weighted by molar-refractivity contribution is 7.89. The molecule has 1 heterocycles. The van der Waals surface area contributed by atoms with E-state index < -0.39 is 10.0 Å². The number of hydrogen-bond acceptors (Lipinski definition) is 3. The van der Waals surface area contributed by atoms with E-state index >= 15 is 0 Å². The quantitative estimate of drug-likeness (QED) is 0.843. The zero-order valence-corrected chi connectivity index (χ0v) is 12.9. The van der Waals surface area contributed by atoms with Crippen molar-refractivity contribution in [1.29, 1.82) is 0 Å². The van der Waals surface area contributed by atoms with Gasteiger partial charge in [0, 0.05) is 25.6 Å². The lowest BCUT2D eigenvalue weighted by atomic mass is 10.0. The second-order valence-corrected chi connectivity index (χ2v) is 7.45. The number of halogens is 1. The number of alkyl halides is 1. The van der Waals surface area contributed by atoms with Gasteiger partial charge in [-0.3, -0.25) is 0 Å². The van der Waals surface area contributed by atoms with Gasteiger partial charge in [0.2, 0.25) is 10.0 Å². The number of rotatable bonds is 5. The molecule has 1 fully saturated rings. The maximum atomic E-state index is 12.5. The first kappa shape index (κ1) is 15.8. The zero-order chi connectivity index (χ0) is 14.6. The van der Waals surface area contributed by atoms with Crippen molar-refractivity contribution in [1.82, 2.24) is 4.31 Å². The number of nitrogens with zero attached hydrogens (tertiary/aromatic N) is 1. The summed E-state index contributed by atoms with van der Waals surface area (Å²) in [4.78, 5) is 0.314. The average Bonchev–Trinajstić information content (AvgIpc) is 2.48. The minimum atomic E-state index is -3.45. The van der Waals surface area contributed by atoms with E-state index in [2.05, 4.69) is 0 Å². The van der Waals surface area contributed by atoms with Gasteiger partial charge in [0.05, 0.1) is 4.90 Å². The van der Waals surface area contributed by atoms with E-state index in [0.29, 0.717) is 23.9 Å². The first-order valence-corrected chi connectivity index (χ1v) is 8.81. The Kier molecular flexibility index (Phi) is 5.43. The SMILES string of the molecule is O=S(=O)(c1ccc(CCCl)cc1)N1CCCC(CO)C1. The fourth-order valence-electron chi connectivity index (χ4n) is 2.48. The number of sulfonamides is 1. The van der Waals surface area contributed by atoms with Crippen LogP contribution in [0, 0.1) is 5.92 Å². The summed E-state index contributed by atoms with van der Waals surface area (Å²) < 4.78 is 26.6. The molecule has 1 atom stereocenters. The molecule has 1 aromatic carbocycles. The van der Waals surface area contributed by atoms with E-state index in [1.54, 1.807) is 12.1 Å². The first-order chi connectivity index (χ1) is 9.57. The molecule has 1 saturated heterocycles. The predicted molar refractivity (Wildman–Crippen MR) is 79.4 cm³/mol. The summed E-state index contributed by atoms with van der Waals surface area (Å²) in [6.07, 6.45) is 2.42. The minimum Gasteiger partial charge on any atom is -0.396 e. The molecule has 0 spiro atoms. The van der Waals surface area contributed by atoms with Crippen molar-refractivity contribution in [3.05, 3.63) is 29.8 Å². The van der Waals surface area contributed by atoms with Crippen molar-refractivity contribution in [3.63, 3.8) is 0 Å². The Labute approximate surface area is 125 Å². The van der Waals surface area contributed by atoms with Gasteiger partial charge in [-0.25, -0.2) is 8.42 Å². The molecule has 1 aliphatic heterocycles. The predicted octanol–water partition coefficient (Wildman–Crippen LogP) is 1.86. The van der Waals surface area contributed by atoms with Crippen LogP contribution in [0.4, 0.5) is 0 Å². The fraction of sp³-hybridized carbons (Fsp3) is 0.571. The van der Waals surface area contributed by atoms with Gasteiger partial charge in [0.25, 0.3) is 0 Å². The van der Waals surface area contributed by atoms with E-state index in [-0.39, 0.29) is 12.5 Å². The van der Waals surface area contributed by atoms with Crippen molar-refractivity contribution in [3.8, 4) is 0 Å². The fourth-order valence-corrected chi connectivity index (χ4v) is 4.25. The molecule has 20 heavy (non-hydrogen) atoms. The average molecular weight is 318 g/mol. The van der Waals surface area contributed by atoms with Crippen LogP contribution in [0.2, 0.25) is 0 Å². The van der Waals surface area contributed by atoms with E-state index in [4.69, 9.17) is 11.6 Å². The van der Waals surface area contributed by atoms with E-state index in [0.717, 1.165) is 24.8 Å². The maximum absolute atomic E-state index is 12.5. The number of piperidine rings is 1. The van der Waals surface area contributed by atoms with Crippen LogP contribution in [0.5, 0.6) is 0 Å². The molecule has 1 unspecified atom stereocenters. The van der Waals surface area contributed by atoms with E-state index in [1.807, 2.05) is 12.1 Å². The van der Waals surface area contributed by atoms with Gasteiger partial charge < -0.3 is 5.11 Å². The van der Waals surface area contributed by atoms with Crippen molar-refractivity contribution >= 4 is 21.6 Å². The maximum Gasteiger partial charge on any atom is 0.243 e. The molecule has 2 rings (SSSR count). The molecule has 0 aromatic heterocycles. The number of aliphatic hydroxyl groups excluding tert-OH is 1. The Morgan fingerprint density at radius 3 is 2.60 bits per heavy atom. The lowest BCUT2D eigenvalue weighted by Gasteiger charge is -2.30. The Morgan fingerprint density at radius 1 is 1.30 bits per heavy atom. The number of benzene rings is 1. The summed E-state index contributed by atoms with van der Waals surface area (Å²) in [5, 5.41) is 9.21. The van der Waals surface area contributed by atoms with Crippen molar-refractivity contribution in [2.45, 2.75) is 24.2 Å². The molecule has 112 valence electrons. The Morgan fingerprint density at radius 2 is 2.00 bits per heavy atom. The molecule has 0 amide bonds. The standard InChI is InChI=1S/C14H20ClNO3S/c15-8-7-12-3-5-14(6-4-12)20(18,19)16-9-1-2-13(10-16)11-17/h3-6,13,17H,1-2,7-11H2. The molecule has 4 nitrogen and oxygen atoms in total. The summed E-state index contributed by atoms with van der Waals surface area (Å²) in [6, 6.07) is 6.89. The summed E-state index contributed by atoms with van der Waals surface area (Å²) in [5.74, 6) is 0.574. The number of hydrogen-bond donors (Lipinski definition) is 1. The van der Waals surface area contributed by atoms with Crippen LogP contribution in [-0.2, 0) is 16.4 Å². The van der Waals surface area contributed by atoms with Crippen molar-refractivity contribution < 1.29 is 13.5 Å². The van der Waals surface area contributed by atoms with Gasteiger partial charge in [0.1, 0.15) is 0 Å². The van der Waals surface area contributed by atoms with Crippen molar-refractivity contribution in [2.24, 2.45) is 5.92 Å². The molecule has 0 bridgehead atoms. The smallest absolute Gasteiger partial charge is 0.243 e. The topological polar surface area (TPSA) is 57.6 Å². The second-order valence-electron chi connectivity index (χ2n) is 5.14. The third-order valence-corrected chi connectivity index (χ3v) is 5.75. The molecule has 1 N–H and O–H groups in total.